The number of oxime groups is 1. The van der Waals surface area contributed by atoms with E-state index in [9.17, 15) is 24.7 Å². The van der Waals surface area contributed by atoms with Gasteiger partial charge in [0.15, 0.2) is 0 Å². The highest BCUT2D eigenvalue weighted by Gasteiger charge is 2.46. The maximum absolute atomic E-state index is 14.3. The maximum Gasteiger partial charge on any atom is 0.255 e. The van der Waals surface area contributed by atoms with E-state index < -0.39 is 24.1 Å². The van der Waals surface area contributed by atoms with Crippen LogP contribution in [-0.4, -0.2) is 161 Å². The molecule has 6 aromatic rings. The average molecular weight is 1100 g/mol. The van der Waals surface area contributed by atoms with Gasteiger partial charge < -0.3 is 53.9 Å². The molecule has 9 rings (SSSR count). The van der Waals surface area contributed by atoms with Crippen molar-refractivity contribution in [1.29, 1.82) is 0 Å². The third-order valence-electron chi connectivity index (χ3n) is 14.3. The minimum atomic E-state index is -0.913. The second kappa shape index (κ2) is 27.8. The third kappa shape index (κ3) is 14.3. The van der Waals surface area contributed by atoms with Crippen LogP contribution in [0.25, 0.3) is 32.8 Å². The summed E-state index contributed by atoms with van der Waals surface area (Å²) in [6, 6.07) is 21.6. The van der Waals surface area contributed by atoms with E-state index in [1.807, 2.05) is 80.1 Å². The fourth-order valence-corrected chi connectivity index (χ4v) is 11.1. The van der Waals surface area contributed by atoms with Crippen molar-refractivity contribution in [2.45, 2.75) is 84.3 Å². The molecule has 0 radical (unpaired) electrons. The van der Waals surface area contributed by atoms with Crippen molar-refractivity contribution in [1.82, 2.24) is 34.9 Å². The first-order valence-corrected chi connectivity index (χ1v) is 28.0. The van der Waals surface area contributed by atoms with Crippen LogP contribution in [0, 0.1) is 12.8 Å². The van der Waals surface area contributed by atoms with Crippen LogP contribution in [0.15, 0.2) is 102 Å². The molecule has 418 valence electrons. The third-order valence-corrected chi connectivity index (χ3v) is 15.3. The molecule has 1 aliphatic carbocycles. The number of amides is 3. The highest BCUT2D eigenvalue weighted by molar-refractivity contribution is 7.13. The van der Waals surface area contributed by atoms with Crippen LogP contribution in [0.4, 0.5) is 0 Å². The Labute approximate surface area is 464 Å². The van der Waals surface area contributed by atoms with E-state index in [1.165, 1.54) is 21.8 Å². The molecular weight excluding hydrogens is 1030 g/mol. The molecule has 5 heterocycles. The molecule has 0 saturated carbocycles. The van der Waals surface area contributed by atoms with E-state index in [1.54, 1.807) is 28.9 Å². The van der Waals surface area contributed by atoms with Crippen LogP contribution in [0.1, 0.15) is 71.4 Å². The van der Waals surface area contributed by atoms with Crippen LogP contribution in [0.5, 0.6) is 5.75 Å². The van der Waals surface area contributed by atoms with Gasteiger partial charge in [-0.1, -0.05) is 67.5 Å². The lowest BCUT2D eigenvalue weighted by Crippen LogP contribution is -2.55. The summed E-state index contributed by atoms with van der Waals surface area (Å²) in [6.07, 6.45) is 7.20. The predicted molar refractivity (Wildman–Crippen MR) is 297 cm³/mol. The second-order valence-electron chi connectivity index (χ2n) is 20.1. The molecule has 3 N–H and O–H groups in total. The van der Waals surface area contributed by atoms with Crippen LogP contribution >= 0.6 is 11.3 Å². The molecule has 0 spiro atoms. The number of fused-ring (bicyclic) bond motifs is 2. The quantitative estimate of drug-likeness (QED) is 0.0245. The standard InChI is InChI=1S/C59H70N8O11S/c1-39(2)55(67-35-46-7-4-5-8-49(46)58(67)70)59(71)66-36-47(68)33-52(66)57(69)61-34-45-10-9-44(56-40(3)62-38-79-56)32-53(45)78-30-29-77-28-27-76-26-25-75-24-23-74-22-21-73-20-6-19-65-37-50(54(63-65)41-15-17-60-18-16-41)43-11-13-48-42(31-43)12-14-51(48)64-72/h4-5,7-11,13,15-18,31-32,37-39,47,52,55,68,72H,6,12,14,19-30,33-36H2,1-3H3,(H,61,69)/b64-51+/t47-,52+,55+/m1/s1. The number of hydrogen-bond donors (Lipinski definition) is 3. The summed E-state index contributed by atoms with van der Waals surface area (Å²) in [7, 11) is 0. The summed E-state index contributed by atoms with van der Waals surface area (Å²) >= 11 is 1.53. The first-order valence-electron chi connectivity index (χ1n) is 27.1. The van der Waals surface area contributed by atoms with Crippen molar-refractivity contribution < 1.29 is 53.1 Å². The summed E-state index contributed by atoms with van der Waals surface area (Å²) in [4.78, 5) is 54.2. The van der Waals surface area contributed by atoms with E-state index in [-0.39, 0.29) is 43.8 Å². The first-order chi connectivity index (χ1) is 38.6. The number of aryl methyl sites for hydroxylation is 3. The molecule has 19 nitrogen and oxygen atoms in total. The fourth-order valence-electron chi connectivity index (χ4n) is 10.3. The lowest BCUT2D eigenvalue weighted by atomic mass is 9.98. The number of carbonyl (C=O) groups excluding carboxylic acids is 3. The van der Waals surface area contributed by atoms with Gasteiger partial charge in [-0.15, -0.1) is 11.3 Å². The second-order valence-corrected chi connectivity index (χ2v) is 20.9. The van der Waals surface area contributed by atoms with Gasteiger partial charge in [0.05, 0.1) is 87.4 Å². The molecule has 0 unspecified atom stereocenters. The summed E-state index contributed by atoms with van der Waals surface area (Å²) in [6.45, 7) is 11.4. The van der Waals surface area contributed by atoms with Gasteiger partial charge in [-0.2, -0.15) is 5.10 Å². The van der Waals surface area contributed by atoms with E-state index in [4.69, 9.17) is 33.5 Å². The normalized spacial score (nSPS) is 16.8. The van der Waals surface area contributed by atoms with Gasteiger partial charge in [0.25, 0.3) is 5.91 Å². The highest BCUT2D eigenvalue weighted by Crippen LogP contribution is 2.36. The number of aromatic nitrogens is 4. The number of likely N-dealkylation sites (tertiary alicyclic amines) is 1. The van der Waals surface area contributed by atoms with E-state index in [0.717, 1.165) is 80.2 Å². The van der Waals surface area contributed by atoms with Gasteiger partial charge in [0.1, 0.15) is 30.1 Å². The lowest BCUT2D eigenvalue weighted by Gasteiger charge is -2.35. The number of β-amino-alcohol motifs (C(OH)–C–C–N with tert-alkyl or cyclic N) is 1. The zero-order chi connectivity index (χ0) is 55.1. The Morgan fingerprint density at radius 2 is 1.49 bits per heavy atom. The SMILES string of the molecule is Cc1ncsc1-c1ccc(CNC(=O)[C@@H]2C[C@@H](O)CN2C(=O)[C@H](C(C)C)N2Cc3ccccc3C2=O)c(OCCOCCOCCOCCOCCOCCCn2cc(-c3ccc4c(c3)CC/C4=N\O)c(-c3ccncc3)n2)c1. The number of nitrogens with one attached hydrogen (secondary N) is 1. The number of pyridine rings is 1. The Balaban J connectivity index is 0.637. The number of aliphatic hydroxyl groups excluding tert-OH is 1. The van der Waals surface area contributed by atoms with Gasteiger partial charge in [-0.25, -0.2) is 4.98 Å². The Morgan fingerprint density at radius 3 is 2.18 bits per heavy atom. The molecule has 79 heavy (non-hydrogen) atoms. The first kappa shape index (κ1) is 56.8. The monoisotopic (exact) mass is 1100 g/mol. The number of aliphatic hydroxyl groups is 1. The highest BCUT2D eigenvalue weighted by atomic mass is 32.1. The molecule has 1 saturated heterocycles. The van der Waals surface area contributed by atoms with E-state index in [2.05, 4.69) is 38.8 Å². The molecule has 1 fully saturated rings. The van der Waals surface area contributed by atoms with Crippen molar-refractivity contribution in [3.8, 4) is 38.6 Å². The minimum Gasteiger partial charge on any atom is -0.491 e. The molecule has 3 aliphatic rings. The van der Waals surface area contributed by atoms with Crippen molar-refractivity contribution in [3.63, 3.8) is 0 Å². The maximum atomic E-state index is 14.3. The van der Waals surface area contributed by atoms with Crippen LogP contribution in [0.3, 0.4) is 0 Å². The van der Waals surface area contributed by atoms with Gasteiger partial charge in [-0.3, -0.25) is 24.0 Å². The summed E-state index contributed by atoms with van der Waals surface area (Å²) in [5, 5.41) is 31.6. The predicted octanol–water partition coefficient (Wildman–Crippen LogP) is 6.98. The van der Waals surface area contributed by atoms with Crippen molar-refractivity contribution >= 4 is 34.8 Å². The van der Waals surface area contributed by atoms with Gasteiger partial charge in [0, 0.05) is 85.6 Å². The number of hydrogen-bond acceptors (Lipinski definition) is 16. The summed E-state index contributed by atoms with van der Waals surface area (Å²) in [5.41, 5.74) is 12.7. The van der Waals surface area contributed by atoms with Gasteiger partial charge >= 0.3 is 0 Å². The molecule has 3 aromatic heterocycles. The van der Waals surface area contributed by atoms with Gasteiger partial charge in [0.2, 0.25) is 11.8 Å². The van der Waals surface area contributed by atoms with Crippen LogP contribution < -0.4 is 10.1 Å². The number of ether oxygens (including phenoxy) is 6. The number of thiazole rings is 1. The molecular formula is C59H70N8O11S. The zero-order valence-electron chi connectivity index (χ0n) is 45.1. The minimum absolute atomic E-state index is 0.00220. The Morgan fingerprint density at radius 1 is 0.797 bits per heavy atom. The molecule has 3 amide bonds. The average Bonchev–Trinajstić information content (AvgIpc) is 4.48. The van der Waals surface area contributed by atoms with Crippen molar-refractivity contribution in [2.75, 3.05) is 79.2 Å². The fraction of sp³-hybridized carbons (Fsp3) is 0.441. The largest absolute Gasteiger partial charge is 0.491 e. The number of carbonyl (C=O) groups is 3. The van der Waals surface area contributed by atoms with Crippen LogP contribution in [0.2, 0.25) is 0 Å². The Bertz CT molecular complexity index is 3040. The molecule has 3 aromatic carbocycles. The van der Waals surface area contributed by atoms with Crippen LogP contribution in [-0.2, 0) is 59.3 Å². The molecule has 0 bridgehead atoms. The van der Waals surface area contributed by atoms with Crippen molar-refractivity contribution in [3.05, 3.63) is 130 Å². The molecule has 2 aliphatic heterocycles. The van der Waals surface area contributed by atoms with E-state index >= 15 is 0 Å². The number of nitrogens with zero attached hydrogens (tertiary/aromatic N) is 7. The Kier molecular flexibility index (Phi) is 20.0. The van der Waals surface area contributed by atoms with Crippen molar-refractivity contribution in [2.24, 2.45) is 11.1 Å². The lowest BCUT2D eigenvalue weighted by molar-refractivity contribution is -0.143. The molecule has 3 atom stereocenters. The number of rotatable bonds is 29. The Hall–Kier alpha value is -6.91. The summed E-state index contributed by atoms with van der Waals surface area (Å²) in [5.74, 6) is -0.627. The summed E-state index contributed by atoms with van der Waals surface area (Å²) < 4.78 is 36.9. The zero-order valence-corrected chi connectivity index (χ0v) is 45.9. The topological polar surface area (TPSA) is 222 Å². The smallest absolute Gasteiger partial charge is 0.255 e. The van der Waals surface area contributed by atoms with Gasteiger partial charge in [-0.05, 0) is 78.6 Å². The van der Waals surface area contributed by atoms with E-state index in [0.29, 0.717) is 90.5 Å². The number of benzene rings is 3. The molecule has 20 heteroatoms.